The van der Waals surface area contributed by atoms with Crippen LogP contribution in [0.1, 0.15) is 120 Å². The molecule has 8 aromatic rings. The van der Waals surface area contributed by atoms with Crippen LogP contribution in [0.2, 0.25) is 0 Å². The Kier molecular flexibility index (Phi) is 34.8. The highest BCUT2D eigenvalue weighted by atomic mass is 16.8. The van der Waals surface area contributed by atoms with E-state index in [1.165, 1.54) is 0 Å². The molecule has 0 bridgehead atoms. The van der Waals surface area contributed by atoms with Gasteiger partial charge in [0.2, 0.25) is 0 Å². The number of hydrogen-bond acceptors (Lipinski definition) is 21. The van der Waals surface area contributed by atoms with Crippen LogP contribution in [0.4, 0.5) is 0 Å². The van der Waals surface area contributed by atoms with Gasteiger partial charge in [0.05, 0.1) is 116 Å². The van der Waals surface area contributed by atoms with Crippen molar-refractivity contribution < 1.29 is 95.5 Å². The fourth-order valence-corrected chi connectivity index (χ4v) is 18.3. The summed E-state index contributed by atoms with van der Waals surface area (Å²) in [5.41, 5.74) is 18.3. The minimum atomic E-state index is -1.67. The summed E-state index contributed by atoms with van der Waals surface area (Å²) in [6.45, 7) is 24.0. The molecular weight excluding hydrogens is 1590 g/mol. The third kappa shape index (κ3) is 24.4. The molecule has 0 spiro atoms. The molecule has 23 nitrogen and oxygen atoms in total. The monoisotopic (exact) mass is 1720 g/mol. The van der Waals surface area contributed by atoms with Crippen LogP contribution in [0.3, 0.4) is 0 Å². The van der Waals surface area contributed by atoms with E-state index in [2.05, 4.69) is 109 Å². The van der Waals surface area contributed by atoms with Crippen molar-refractivity contribution in [3.8, 4) is 0 Å². The summed E-state index contributed by atoms with van der Waals surface area (Å²) in [4.78, 5) is 3.45. The number of aliphatic hydroxyl groups is 2. The molecule has 14 unspecified atom stereocenters. The quantitative estimate of drug-likeness (QED) is 0.0205. The van der Waals surface area contributed by atoms with Crippen molar-refractivity contribution in [2.24, 2.45) is 58.4 Å². The van der Waals surface area contributed by atoms with Crippen LogP contribution in [0.15, 0.2) is 248 Å². The molecule has 31 atom stereocenters. The van der Waals surface area contributed by atoms with E-state index in [0.717, 1.165) is 50.9 Å². The zero-order valence-electron chi connectivity index (χ0n) is 73.8. The van der Waals surface area contributed by atoms with Crippen molar-refractivity contribution in [1.29, 1.82) is 0 Å². The second kappa shape index (κ2) is 46.5. The van der Waals surface area contributed by atoms with Gasteiger partial charge in [-0.1, -0.05) is 317 Å². The summed E-state index contributed by atoms with van der Waals surface area (Å²) in [7, 11) is 0. The summed E-state index contributed by atoms with van der Waals surface area (Å²) < 4.78 is 128. The Labute approximate surface area is 737 Å². The first-order valence-electron chi connectivity index (χ1n) is 45.0. The van der Waals surface area contributed by atoms with Crippen LogP contribution in [0, 0.1) is 53.3 Å². The van der Waals surface area contributed by atoms with E-state index in [-0.39, 0.29) is 112 Å². The minimum Gasteiger partial charge on any atom is -0.387 e. The van der Waals surface area contributed by atoms with Crippen molar-refractivity contribution in [3.63, 3.8) is 0 Å². The molecular formula is C102H129N3O20. The van der Waals surface area contributed by atoms with Crippen molar-refractivity contribution in [3.05, 3.63) is 298 Å². The lowest BCUT2D eigenvalue weighted by atomic mass is 9.81. The van der Waals surface area contributed by atoms with Gasteiger partial charge in [-0.3, -0.25) is 0 Å². The fourth-order valence-electron chi connectivity index (χ4n) is 18.3. The Balaban J connectivity index is 0.764. The Morgan fingerprint density at radius 1 is 0.264 bits per heavy atom. The molecule has 1 saturated carbocycles. The maximum atomic E-state index is 12.8. The third-order valence-corrected chi connectivity index (χ3v) is 26.8. The Morgan fingerprint density at radius 2 is 0.528 bits per heavy atom. The Morgan fingerprint density at radius 3 is 0.904 bits per heavy atom. The van der Waals surface area contributed by atoms with E-state index in [1.807, 2.05) is 213 Å². The first-order valence-corrected chi connectivity index (χ1v) is 45.0. The second-order valence-electron chi connectivity index (χ2n) is 35.1. The highest BCUT2D eigenvalue weighted by Crippen LogP contribution is 2.46. The van der Waals surface area contributed by atoms with E-state index in [1.54, 1.807) is 0 Å². The Bertz CT molecular complexity index is 4450. The van der Waals surface area contributed by atoms with Crippen LogP contribution in [0.5, 0.6) is 0 Å². The van der Waals surface area contributed by atoms with E-state index < -0.39 is 129 Å². The molecule has 1 aliphatic carbocycles. The smallest absolute Gasteiger partial charge is 0.185 e. The van der Waals surface area contributed by atoms with Crippen molar-refractivity contribution in [2.45, 2.75) is 264 Å². The minimum absolute atomic E-state index is 0.00546. The highest BCUT2D eigenvalue weighted by Gasteiger charge is 2.58. The number of nitrogens with zero attached hydrogens (tertiary/aromatic N) is 3. The number of ether oxygens (including phenoxy) is 18. The van der Waals surface area contributed by atoms with Gasteiger partial charge in [0.25, 0.3) is 0 Å². The summed E-state index contributed by atoms with van der Waals surface area (Å²) in [5.74, 6) is -1.55. The summed E-state index contributed by atoms with van der Waals surface area (Å²) in [6.07, 6.45) is -18.7. The van der Waals surface area contributed by atoms with Crippen LogP contribution in [0.25, 0.3) is 10.4 Å². The molecule has 0 radical (unpaired) electrons. The molecule has 14 rings (SSSR count). The van der Waals surface area contributed by atoms with Crippen molar-refractivity contribution >= 4 is 0 Å². The van der Waals surface area contributed by atoms with Crippen molar-refractivity contribution in [1.82, 2.24) is 0 Å². The van der Waals surface area contributed by atoms with Gasteiger partial charge >= 0.3 is 0 Å². The van der Waals surface area contributed by atoms with Crippen LogP contribution >= 0.6 is 0 Å². The predicted octanol–water partition coefficient (Wildman–Crippen LogP) is 17.3. The SMILES string of the molecule is CCC1O[C@@H](OC2[C@H](OCC3O[C@@H](O[C@H]4C(COCc5ccccc5)O[C@@H](OC5C(OCc6ccccc6)C(OCc6ccccc6)C(OCc6ccccc6)[C@H](O)[C@H]5O)C(N=[N+]=[N-])[C@H]4C)C(OCc4ccccc4)[C@@H](C)[C@H]3C)OC(COCc3ccccc3)[C@H](C)[C@@H]2C)C(O[C@@H]2OC(COCc3ccccc3)[C@H](C)[C@H](C)C2OCc2ccccc2)[C@@H](C)[C@H]1C. The molecule has 0 aromatic heterocycles. The zero-order valence-corrected chi connectivity index (χ0v) is 73.8. The van der Waals surface area contributed by atoms with Gasteiger partial charge in [-0.05, 0) is 110 Å². The highest BCUT2D eigenvalue weighted by molar-refractivity contribution is 5.21. The lowest BCUT2D eigenvalue weighted by Crippen LogP contribution is -2.68. The van der Waals surface area contributed by atoms with Gasteiger partial charge < -0.3 is 95.5 Å². The lowest BCUT2D eigenvalue weighted by molar-refractivity contribution is -0.381. The average molecular weight is 1720 g/mol. The van der Waals surface area contributed by atoms with E-state index in [0.29, 0.717) is 26.4 Å². The van der Waals surface area contributed by atoms with Gasteiger partial charge in [-0.15, -0.1) is 0 Å². The van der Waals surface area contributed by atoms with E-state index >= 15 is 0 Å². The molecule has 5 heterocycles. The van der Waals surface area contributed by atoms with Crippen LogP contribution in [-0.2, 0) is 138 Å². The number of aliphatic hydroxyl groups excluding tert-OH is 2. The molecule has 2 N–H and O–H groups in total. The van der Waals surface area contributed by atoms with Gasteiger partial charge in [0, 0.05) is 4.91 Å². The largest absolute Gasteiger partial charge is 0.387 e. The molecule has 125 heavy (non-hydrogen) atoms. The topological polar surface area (TPSA) is 255 Å². The summed E-state index contributed by atoms with van der Waals surface area (Å²) >= 11 is 0. The molecule has 0 amide bonds. The number of rotatable bonds is 40. The molecule has 5 saturated heterocycles. The van der Waals surface area contributed by atoms with E-state index in [9.17, 15) is 15.7 Å². The van der Waals surface area contributed by atoms with Gasteiger partial charge in [-0.25, -0.2) is 0 Å². The maximum absolute atomic E-state index is 12.8. The molecule has 8 aromatic carbocycles. The first kappa shape index (κ1) is 93.4. The van der Waals surface area contributed by atoms with Crippen LogP contribution in [-0.4, -0.2) is 172 Å². The van der Waals surface area contributed by atoms with Crippen molar-refractivity contribution in [2.75, 3.05) is 26.4 Å². The molecule has 6 fully saturated rings. The summed E-state index contributed by atoms with van der Waals surface area (Å²) in [6, 6.07) is 78.0. The Hall–Kier alpha value is -7.73. The number of hydrogen-bond donors (Lipinski definition) is 2. The molecule has 5 aliphatic heterocycles. The zero-order chi connectivity index (χ0) is 87.1. The second-order valence-corrected chi connectivity index (χ2v) is 35.1. The predicted molar refractivity (Wildman–Crippen MR) is 470 cm³/mol. The fraction of sp³-hybridized carbons (Fsp3) is 0.529. The van der Waals surface area contributed by atoms with Gasteiger partial charge in [0.15, 0.2) is 31.5 Å². The van der Waals surface area contributed by atoms with Crippen LogP contribution < -0.4 is 0 Å². The maximum Gasteiger partial charge on any atom is 0.185 e. The molecule has 23 heteroatoms. The van der Waals surface area contributed by atoms with E-state index in [4.69, 9.17) is 85.3 Å². The number of benzene rings is 8. The first-order chi connectivity index (χ1) is 61.0. The lowest BCUT2D eigenvalue weighted by Gasteiger charge is -2.52. The van der Waals surface area contributed by atoms with Gasteiger partial charge in [0.1, 0.15) is 67.1 Å². The normalized spacial score (nSPS) is 34.4. The summed E-state index contributed by atoms with van der Waals surface area (Å²) in [5, 5.41) is 29.8. The molecule has 672 valence electrons. The number of azide groups is 1. The standard InChI is InChI=1S/C102H129N3O20/c1-11-81-64(2)70(8)93(124-101-91(112-56-77-44-28-16-29-45-77)68(6)65(3)83(119-101)61-109-53-74-38-22-13-23-39-74)102(117-81)123-92-71(9)67(5)82(60-108-52-73-36-20-12-21-37-73)118-99(92)116-63-84-66(4)69(7)90(111-55-76-42-26-15-27-43-76)100(120-84)122-89-72(10)86(104-105-103)98(121-85(89)62-110-54-75-40-24-14-25-41-75)125-95-88(107)87(106)94(113-57-78-46-30-17-31-47-78)96(114-58-79-48-32-18-33-49-79)97(95)115-59-80-50-34-19-35-51-80/h12-51,64-72,81-102,106-107H,11,52-63H2,1-10H3/t64-,65-,66-,67-,68+,69+,70+,71+,72-,81?,82?,83?,84?,85?,86?,87-,88-,89-,90?,91?,92?,93?,94?,95?,96?,97?,98+,99-,100+,101+,102+/m1/s1. The van der Waals surface area contributed by atoms with Gasteiger partial charge in [-0.2, -0.15) is 0 Å². The third-order valence-electron chi connectivity index (χ3n) is 26.8. The average Bonchev–Trinajstić information content (AvgIpc) is 0.765. The molecule has 6 aliphatic rings.